The van der Waals surface area contributed by atoms with Gasteiger partial charge in [-0.25, -0.2) is 4.39 Å². The van der Waals surface area contributed by atoms with E-state index in [1.165, 1.54) is 11.3 Å². The molecule has 0 aliphatic carbocycles. The fourth-order valence-corrected chi connectivity index (χ4v) is 2.91. The highest BCUT2D eigenvalue weighted by Gasteiger charge is 2.17. The monoisotopic (exact) mass is 211 g/mol. The van der Waals surface area contributed by atoms with Crippen LogP contribution in [0.5, 0.6) is 0 Å². The summed E-state index contributed by atoms with van der Waals surface area (Å²) in [5, 5.41) is 3.25. The third kappa shape index (κ3) is 1.93. The molecule has 0 fully saturated rings. The molecule has 14 heavy (non-hydrogen) atoms. The van der Waals surface area contributed by atoms with Gasteiger partial charge in [-0.3, -0.25) is 0 Å². The molecule has 1 aliphatic heterocycles. The summed E-state index contributed by atoms with van der Waals surface area (Å²) >= 11 is 1.83. The average molecular weight is 211 g/mol. The van der Waals surface area contributed by atoms with Gasteiger partial charge >= 0.3 is 0 Å². The van der Waals surface area contributed by atoms with E-state index in [9.17, 15) is 4.39 Å². The molecule has 1 N–H and O–H groups in total. The van der Waals surface area contributed by atoms with Gasteiger partial charge in [-0.05, 0) is 49.4 Å². The van der Waals surface area contributed by atoms with Crippen molar-refractivity contribution in [3.05, 3.63) is 29.6 Å². The third-order valence-electron chi connectivity index (χ3n) is 2.59. The van der Waals surface area contributed by atoms with Crippen LogP contribution in [0.2, 0.25) is 0 Å². The van der Waals surface area contributed by atoms with Gasteiger partial charge in [-0.2, -0.15) is 0 Å². The first-order valence-corrected chi connectivity index (χ1v) is 5.89. The minimum atomic E-state index is -0.133. The van der Waals surface area contributed by atoms with E-state index in [2.05, 4.69) is 5.32 Å². The molecule has 0 saturated carbocycles. The van der Waals surface area contributed by atoms with Crippen molar-refractivity contribution in [1.29, 1.82) is 0 Å². The summed E-state index contributed by atoms with van der Waals surface area (Å²) in [5.74, 6) is 1.00. The highest BCUT2D eigenvalue weighted by molar-refractivity contribution is 7.99. The molecule has 1 nitrogen and oxygen atoms in total. The maximum Gasteiger partial charge on any atom is 0.123 e. The standard InChI is InChI=1S/C11H14FNS/c1-13-10-3-2-6-14-11-5-4-8(12)7-9(10)11/h4-5,7,10,13H,2-3,6H2,1H3. The number of halogens is 1. The Balaban J connectivity index is 2.40. The van der Waals surface area contributed by atoms with Crippen LogP contribution in [-0.4, -0.2) is 12.8 Å². The summed E-state index contributed by atoms with van der Waals surface area (Å²) in [7, 11) is 1.94. The quantitative estimate of drug-likeness (QED) is 0.766. The summed E-state index contributed by atoms with van der Waals surface area (Å²) in [6.07, 6.45) is 2.28. The number of fused-ring (bicyclic) bond motifs is 1. The summed E-state index contributed by atoms with van der Waals surface area (Å²) in [6.45, 7) is 0. The molecule has 1 heterocycles. The zero-order valence-electron chi connectivity index (χ0n) is 8.22. The van der Waals surface area contributed by atoms with Gasteiger partial charge in [0.05, 0.1) is 0 Å². The van der Waals surface area contributed by atoms with Gasteiger partial charge in [0.2, 0.25) is 0 Å². The molecule has 1 unspecified atom stereocenters. The van der Waals surface area contributed by atoms with Crippen LogP contribution in [0.15, 0.2) is 23.1 Å². The molecule has 0 saturated heterocycles. The maximum atomic E-state index is 13.1. The Morgan fingerprint density at radius 1 is 1.50 bits per heavy atom. The Bertz CT molecular complexity index is 327. The van der Waals surface area contributed by atoms with E-state index < -0.39 is 0 Å². The SMILES string of the molecule is CNC1CCCSc2ccc(F)cc21. The first kappa shape index (κ1) is 9.99. The lowest BCUT2D eigenvalue weighted by Crippen LogP contribution is -2.16. The molecule has 2 rings (SSSR count). The Kier molecular flexibility index (Phi) is 3.08. The fourth-order valence-electron chi connectivity index (χ4n) is 1.85. The average Bonchev–Trinajstić information content (AvgIpc) is 2.39. The zero-order valence-corrected chi connectivity index (χ0v) is 9.03. The van der Waals surface area contributed by atoms with Gasteiger partial charge in [0.15, 0.2) is 0 Å². The Morgan fingerprint density at radius 3 is 3.14 bits per heavy atom. The second-order valence-electron chi connectivity index (χ2n) is 3.51. The van der Waals surface area contributed by atoms with Crippen LogP contribution >= 0.6 is 11.8 Å². The van der Waals surface area contributed by atoms with Crippen molar-refractivity contribution in [2.45, 2.75) is 23.8 Å². The van der Waals surface area contributed by atoms with Crippen LogP contribution in [0.4, 0.5) is 4.39 Å². The van der Waals surface area contributed by atoms with E-state index in [-0.39, 0.29) is 5.82 Å². The molecular formula is C11H14FNS. The number of hydrogen-bond acceptors (Lipinski definition) is 2. The Labute approximate surface area is 88.1 Å². The lowest BCUT2D eigenvalue weighted by atomic mass is 10.0. The minimum absolute atomic E-state index is 0.133. The summed E-state index contributed by atoms with van der Waals surface area (Å²) < 4.78 is 13.1. The van der Waals surface area contributed by atoms with E-state index in [4.69, 9.17) is 0 Å². The van der Waals surface area contributed by atoms with Gasteiger partial charge in [0, 0.05) is 10.9 Å². The normalized spacial score (nSPS) is 21.4. The predicted molar refractivity (Wildman–Crippen MR) is 58.2 cm³/mol. The number of rotatable bonds is 1. The fraction of sp³-hybridized carbons (Fsp3) is 0.455. The highest BCUT2D eigenvalue weighted by Crippen LogP contribution is 2.34. The van der Waals surface area contributed by atoms with Gasteiger partial charge in [0.1, 0.15) is 5.82 Å². The third-order valence-corrected chi connectivity index (χ3v) is 3.77. The summed E-state index contributed by atoms with van der Waals surface area (Å²) in [4.78, 5) is 1.23. The van der Waals surface area contributed by atoms with Crippen LogP contribution in [0.25, 0.3) is 0 Å². The van der Waals surface area contributed by atoms with Crippen molar-refractivity contribution in [3.63, 3.8) is 0 Å². The Hall–Kier alpha value is -0.540. The van der Waals surface area contributed by atoms with E-state index >= 15 is 0 Å². The van der Waals surface area contributed by atoms with Crippen LogP contribution < -0.4 is 5.32 Å². The molecule has 0 aromatic heterocycles. The molecule has 1 aromatic carbocycles. The molecule has 0 bridgehead atoms. The molecule has 0 spiro atoms. The molecule has 0 radical (unpaired) electrons. The second-order valence-corrected chi connectivity index (χ2v) is 4.65. The van der Waals surface area contributed by atoms with Crippen molar-refractivity contribution in [1.82, 2.24) is 5.32 Å². The van der Waals surface area contributed by atoms with Crippen molar-refractivity contribution >= 4 is 11.8 Å². The van der Waals surface area contributed by atoms with Crippen LogP contribution in [0.1, 0.15) is 24.4 Å². The van der Waals surface area contributed by atoms with Crippen molar-refractivity contribution in [2.24, 2.45) is 0 Å². The smallest absolute Gasteiger partial charge is 0.123 e. The highest BCUT2D eigenvalue weighted by atomic mass is 32.2. The van der Waals surface area contributed by atoms with Gasteiger partial charge in [-0.15, -0.1) is 11.8 Å². The molecule has 1 aliphatic rings. The molecule has 1 aromatic rings. The number of benzene rings is 1. The summed E-state index contributed by atoms with van der Waals surface area (Å²) in [6, 6.07) is 5.42. The van der Waals surface area contributed by atoms with Crippen molar-refractivity contribution in [2.75, 3.05) is 12.8 Å². The zero-order chi connectivity index (χ0) is 9.97. The van der Waals surface area contributed by atoms with E-state index in [1.54, 1.807) is 12.1 Å². The second kappa shape index (κ2) is 4.32. The maximum absolute atomic E-state index is 13.1. The van der Waals surface area contributed by atoms with Crippen molar-refractivity contribution in [3.8, 4) is 0 Å². The van der Waals surface area contributed by atoms with Gasteiger partial charge in [-0.1, -0.05) is 0 Å². The molecule has 1 atom stereocenters. The molecule has 76 valence electrons. The number of thioether (sulfide) groups is 1. The molecule has 3 heteroatoms. The first-order valence-electron chi connectivity index (χ1n) is 4.91. The molecule has 0 amide bonds. The number of hydrogen-bond donors (Lipinski definition) is 1. The van der Waals surface area contributed by atoms with E-state index in [0.29, 0.717) is 6.04 Å². The largest absolute Gasteiger partial charge is 0.313 e. The van der Waals surface area contributed by atoms with Crippen molar-refractivity contribution < 1.29 is 4.39 Å². The van der Waals surface area contributed by atoms with Crippen LogP contribution in [-0.2, 0) is 0 Å². The predicted octanol–water partition coefficient (Wildman–Crippen LogP) is 2.97. The first-order chi connectivity index (χ1) is 6.81. The molecular weight excluding hydrogens is 197 g/mol. The topological polar surface area (TPSA) is 12.0 Å². The van der Waals surface area contributed by atoms with E-state index in [1.807, 2.05) is 24.9 Å². The van der Waals surface area contributed by atoms with E-state index in [0.717, 1.165) is 17.7 Å². The minimum Gasteiger partial charge on any atom is -0.313 e. The van der Waals surface area contributed by atoms with Crippen LogP contribution in [0.3, 0.4) is 0 Å². The van der Waals surface area contributed by atoms with Gasteiger partial charge < -0.3 is 5.32 Å². The van der Waals surface area contributed by atoms with Crippen LogP contribution in [0, 0.1) is 5.82 Å². The number of nitrogens with one attached hydrogen (secondary N) is 1. The summed E-state index contributed by atoms with van der Waals surface area (Å²) in [5.41, 5.74) is 1.12. The Morgan fingerprint density at radius 2 is 2.36 bits per heavy atom. The lowest BCUT2D eigenvalue weighted by Gasteiger charge is -2.15. The van der Waals surface area contributed by atoms with Gasteiger partial charge in [0.25, 0.3) is 0 Å². The lowest BCUT2D eigenvalue weighted by molar-refractivity contribution is 0.534.